The molecule has 1 aromatic carbocycles. The van der Waals surface area contributed by atoms with Crippen LogP contribution in [0.15, 0.2) is 42.7 Å². The number of nitrogens with zero attached hydrogens (tertiary/aromatic N) is 4. The Kier molecular flexibility index (Phi) is 7.07. The molecule has 7 nitrogen and oxygen atoms in total. The molecule has 0 aliphatic carbocycles. The summed E-state index contributed by atoms with van der Waals surface area (Å²) < 4.78 is 0.680. The minimum atomic E-state index is -0.404. The molecule has 0 spiro atoms. The second kappa shape index (κ2) is 9.99. The molecule has 3 atom stereocenters. The number of aromatic nitrogens is 2. The van der Waals surface area contributed by atoms with E-state index in [1.165, 1.54) is 17.7 Å². The van der Waals surface area contributed by atoms with Crippen molar-refractivity contribution in [2.75, 3.05) is 12.3 Å². The van der Waals surface area contributed by atoms with Crippen molar-refractivity contribution in [1.82, 2.24) is 19.8 Å². The molecule has 1 fully saturated rings. The standard InChI is InChI=1S/C24H26ClN5O2S/c1-3-20-21(13-31)29(12-16-4-7-18-19(10-16)27-14-28-24(18)26)15(2)11-30(20)23(32)9-6-17-5-8-22(25)33-17/h4-10,13-15,20-21H,3,11-12H2,1-2H3,(H2,26,27,28). The Bertz CT molecular complexity index is 1200. The van der Waals surface area contributed by atoms with Gasteiger partial charge >= 0.3 is 0 Å². The number of hydrogen-bond donors (Lipinski definition) is 1. The number of aldehydes is 1. The van der Waals surface area contributed by atoms with Crippen molar-refractivity contribution in [3.8, 4) is 0 Å². The monoisotopic (exact) mass is 483 g/mol. The number of halogens is 1. The number of carbonyl (C=O) groups excluding carboxylic acids is 2. The highest BCUT2D eigenvalue weighted by Gasteiger charge is 2.40. The summed E-state index contributed by atoms with van der Waals surface area (Å²) in [5, 5.41) is 0.807. The topological polar surface area (TPSA) is 92.4 Å². The van der Waals surface area contributed by atoms with E-state index in [-0.39, 0.29) is 18.0 Å². The predicted octanol–water partition coefficient (Wildman–Crippen LogP) is 4.02. The van der Waals surface area contributed by atoms with E-state index in [0.29, 0.717) is 29.7 Å². The fourth-order valence-electron chi connectivity index (χ4n) is 4.47. The van der Waals surface area contributed by atoms with Crippen LogP contribution in [0.2, 0.25) is 4.34 Å². The molecular weight excluding hydrogens is 458 g/mol. The van der Waals surface area contributed by atoms with Crippen LogP contribution in [0.3, 0.4) is 0 Å². The molecule has 2 N–H and O–H groups in total. The van der Waals surface area contributed by atoms with Crippen LogP contribution in [0.1, 0.15) is 30.7 Å². The lowest BCUT2D eigenvalue weighted by Gasteiger charge is -2.48. The molecule has 3 unspecified atom stereocenters. The highest BCUT2D eigenvalue weighted by molar-refractivity contribution is 7.17. The number of piperazine rings is 1. The van der Waals surface area contributed by atoms with Gasteiger partial charge in [-0.15, -0.1) is 11.3 Å². The number of hydrogen-bond acceptors (Lipinski definition) is 7. The van der Waals surface area contributed by atoms with Crippen molar-refractivity contribution in [3.05, 3.63) is 57.5 Å². The van der Waals surface area contributed by atoms with E-state index in [9.17, 15) is 9.59 Å². The molecule has 1 saturated heterocycles. The van der Waals surface area contributed by atoms with Gasteiger partial charge in [0.05, 0.1) is 21.9 Å². The molecule has 172 valence electrons. The largest absolute Gasteiger partial charge is 0.383 e. The Morgan fingerprint density at radius 3 is 2.82 bits per heavy atom. The number of carbonyl (C=O) groups is 2. The number of amides is 1. The molecule has 4 rings (SSSR count). The van der Waals surface area contributed by atoms with Crippen LogP contribution >= 0.6 is 22.9 Å². The van der Waals surface area contributed by atoms with Gasteiger partial charge in [0.15, 0.2) is 0 Å². The van der Waals surface area contributed by atoms with Crippen LogP contribution in [0.25, 0.3) is 17.0 Å². The Morgan fingerprint density at radius 1 is 1.30 bits per heavy atom. The number of anilines is 1. The third kappa shape index (κ3) is 4.93. The first kappa shape index (κ1) is 23.4. The Labute approximate surface area is 201 Å². The van der Waals surface area contributed by atoms with E-state index < -0.39 is 6.04 Å². The summed E-state index contributed by atoms with van der Waals surface area (Å²) >= 11 is 7.40. The summed E-state index contributed by atoms with van der Waals surface area (Å²) in [6.07, 6.45) is 6.45. The quantitative estimate of drug-likeness (QED) is 0.420. The average Bonchev–Trinajstić information content (AvgIpc) is 3.23. The summed E-state index contributed by atoms with van der Waals surface area (Å²) in [5.41, 5.74) is 7.75. The van der Waals surface area contributed by atoms with Gasteiger partial charge in [-0.05, 0) is 49.2 Å². The van der Waals surface area contributed by atoms with E-state index in [1.807, 2.05) is 49.1 Å². The third-order valence-corrected chi connectivity index (χ3v) is 7.32. The zero-order chi connectivity index (χ0) is 23.5. The highest BCUT2D eigenvalue weighted by Crippen LogP contribution is 2.28. The van der Waals surface area contributed by atoms with Crippen molar-refractivity contribution >= 4 is 57.9 Å². The molecule has 1 aliphatic heterocycles. The maximum atomic E-state index is 13.0. The summed E-state index contributed by atoms with van der Waals surface area (Å²) in [4.78, 5) is 38.5. The molecule has 3 aromatic rings. The van der Waals surface area contributed by atoms with Gasteiger partial charge in [-0.25, -0.2) is 9.97 Å². The van der Waals surface area contributed by atoms with Crippen LogP contribution in [-0.4, -0.2) is 56.6 Å². The van der Waals surface area contributed by atoms with Gasteiger partial charge in [0.1, 0.15) is 18.4 Å². The number of benzene rings is 1. The zero-order valence-electron chi connectivity index (χ0n) is 18.5. The second-order valence-corrected chi connectivity index (χ2v) is 9.95. The maximum absolute atomic E-state index is 13.0. The van der Waals surface area contributed by atoms with Gasteiger partial charge in [0.25, 0.3) is 0 Å². The molecule has 3 heterocycles. The third-order valence-electron chi connectivity index (χ3n) is 6.13. The predicted molar refractivity (Wildman–Crippen MR) is 133 cm³/mol. The lowest BCUT2D eigenvalue weighted by Crippen LogP contribution is -2.64. The number of nitrogen functional groups attached to an aromatic ring is 1. The zero-order valence-corrected chi connectivity index (χ0v) is 20.1. The molecule has 33 heavy (non-hydrogen) atoms. The van der Waals surface area contributed by atoms with Crippen molar-refractivity contribution < 1.29 is 9.59 Å². The number of rotatable bonds is 6. The van der Waals surface area contributed by atoms with Crippen molar-refractivity contribution in [2.45, 2.75) is 44.9 Å². The van der Waals surface area contributed by atoms with E-state index in [4.69, 9.17) is 17.3 Å². The number of nitrogens with two attached hydrogens (primary N) is 1. The summed E-state index contributed by atoms with van der Waals surface area (Å²) in [7, 11) is 0. The van der Waals surface area contributed by atoms with Crippen LogP contribution in [0, 0.1) is 0 Å². The van der Waals surface area contributed by atoms with Gasteiger partial charge in [-0.1, -0.05) is 24.6 Å². The lowest BCUT2D eigenvalue weighted by molar-refractivity contribution is -0.138. The fraction of sp³-hybridized carbons (Fsp3) is 0.333. The summed E-state index contributed by atoms with van der Waals surface area (Å²) in [6, 6.07) is 8.97. The maximum Gasteiger partial charge on any atom is 0.246 e. The van der Waals surface area contributed by atoms with E-state index >= 15 is 0 Å². The Hall–Kier alpha value is -2.81. The van der Waals surface area contributed by atoms with Gasteiger partial charge in [-0.3, -0.25) is 9.69 Å². The minimum absolute atomic E-state index is 0.00250. The van der Waals surface area contributed by atoms with Crippen LogP contribution in [0.5, 0.6) is 0 Å². The molecule has 0 saturated carbocycles. The second-order valence-electron chi connectivity index (χ2n) is 8.20. The van der Waals surface area contributed by atoms with E-state index in [2.05, 4.69) is 14.9 Å². The SMILES string of the molecule is CCC1C(C=O)N(Cc2ccc3c(N)ncnc3c2)C(C)CN1C(=O)C=Cc1ccc(Cl)s1. The van der Waals surface area contributed by atoms with Crippen molar-refractivity contribution in [2.24, 2.45) is 0 Å². The van der Waals surface area contributed by atoms with Crippen molar-refractivity contribution in [1.29, 1.82) is 0 Å². The molecule has 0 radical (unpaired) electrons. The number of fused-ring (bicyclic) bond motifs is 1. The highest BCUT2D eigenvalue weighted by atomic mass is 35.5. The fourth-order valence-corrected chi connectivity index (χ4v) is 5.43. The molecule has 2 aromatic heterocycles. The number of thiophene rings is 1. The molecule has 1 aliphatic rings. The van der Waals surface area contributed by atoms with E-state index in [1.54, 1.807) is 12.2 Å². The summed E-state index contributed by atoms with van der Waals surface area (Å²) in [5.74, 6) is 0.351. The first-order valence-corrected chi connectivity index (χ1v) is 12.0. The van der Waals surface area contributed by atoms with Crippen molar-refractivity contribution in [3.63, 3.8) is 0 Å². The van der Waals surface area contributed by atoms with Gasteiger partial charge in [-0.2, -0.15) is 0 Å². The van der Waals surface area contributed by atoms with Crippen LogP contribution < -0.4 is 5.73 Å². The minimum Gasteiger partial charge on any atom is -0.383 e. The smallest absolute Gasteiger partial charge is 0.246 e. The Balaban J connectivity index is 1.55. The normalized spacial score (nSPS) is 21.7. The van der Waals surface area contributed by atoms with E-state index in [0.717, 1.165) is 27.6 Å². The lowest BCUT2D eigenvalue weighted by atomic mass is 9.95. The van der Waals surface area contributed by atoms with Gasteiger partial charge in [0, 0.05) is 35.5 Å². The van der Waals surface area contributed by atoms with Crippen LogP contribution in [-0.2, 0) is 16.1 Å². The average molecular weight is 484 g/mol. The Morgan fingerprint density at radius 2 is 2.12 bits per heavy atom. The first-order chi connectivity index (χ1) is 15.9. The van der Waals surface area contributed by atoms with Crippen LogP contribution in [0.4, 0.5) is 5.82 Å². The summed E-state index contributed by atoms with van der Waals surface area (Å²) in [6.45, 7) is 5.17. The molecule has 1 amide bonds. The van der Waals surface area contributed by atoms with Gasteiger partial charge < -0.3 is 15.4 Å². The molecule has 0 bridgehead atoms. The molecule has 9 heteroatoms. The molecular formula is C24H26ClN5O2S. The van der Waals surface area contributed by atoms with Gasteiger partial charge in [0.2, 0.25) is 5.91 Å². The first-order valence-electron chi connectivity index (χ1n) is 10.9.